The molecule has 1 aromatic heterocycles. The number of nitrogens with zero attached hydrogens (tertiary/aromatic N) is 2. The minimum atomic E-state index is -1.56. The molecule has 1 atom stereocenters. The first kappa shape index (κ1) is 9.32. The molecule has 3 nitrogen and oxygen atoms in total. The van der Waals surface area contributed by atoms with Gasteiger partial charge in [-0.05, 0) is 13.3 Å². The maximum Gasteiger partial charge on any atom is 0.201 e. The van der Waals surface area contributed by atoms with Gasteiger partial charge in [-0.25, -0.2) is 9.07 Å². The maximum absolute atomic E-state index is 13.6. The Hall–Kier alpha value is -0.770. The fraction of sp³-hybridized carbons (Fsp3) is 0.571. The van der Waals surface area contributed by atoms with Crippen molar-refractivity contribution in [2.45, 2.75) is 26.1 Å². The van der Waals surface area contributed by atoms with E-state index in [1.165, 1.54) is 13.0 Å². The molecule has 1 unspecified atom stereocenters. The zero-order valence-corrected chi connectivity index (χ0v) is 7.77. The molecule has 0 radical (unpaired) electrons. The normalized spacial score (nSPS) is 16.0. The van der Waals surface area contributed by atoms with Crippen molar-refractivity contribution in [1.82, 2.24) is 9.78 Å². The zero-order valence-electron chi connectivity index (χ0n) is 7.01. The summed E-state index contributed by atoms with van der Waals surface area (Å²) in [5.41, 5.74) is 5.48. The van der Waals surface area contributed by atoms with Crippen LogP contribution in [0.15, 0.2) is 6.07 Å². The molecule has 1 heterocycles. The Balaban J connectivity index is 3.09. The van der Waals surface area contributed by atoms with E-state index >= 15 is 0 Å². The minimum absolute atomic E-state index is 0.213. The molecule has 0 aliphatic rings. The maximum atomic E-state index is 13.6. The van der Waals surface area contributed by atoms with Crippen LogP contribution in [-0.4, -0.2) is 9.78 Å². The number of hydrogen-bond acceptors (Lipinski definition) is 2. The van der Waals surface area contributed by atoms with Gasteiger partial charge in [0.15, 0.2) is 5.15 Å². The Labute approximate surface area is 75.3 Å². The van der Waals surface area contributed by atoms with Crippen LogP contribution in [0.1, 0.15) is 20.3 Å². The van der Waals surface area contributed by atoms with E-state index in [1.54, 1.807) is 6.92 Å². The van der Waals surface area contributed by atoms with Crippen molar-refractivity contribution in [3.05, 3.63) is 11.2 Å². The van der Waals surface area contributed by atoms with Crippen LogP contribution in [0.3, 0.4) is 0 Å². The van der Waals surface area contributed by atoms with E-state index in [1.807, 2.05) is 0 Å². The Morgan fingerprint density at radius 1 is 1.83 bits per heavy atom. The molecule has 5 heteroatoms. The Kier molecular flexibility index (Phi) is 2.28. The number of aromatic nitrogens is 2. The van der Waals surface area contributed by atoms with Gasteiger partial charge in [-0.1, -0.05) is 18.5 Å². The fourth-order valence-electron chi connectivity index (χ4n) is 0.889. The van der Waals surface area contributed by atoms with Crippen molar-refractivity contribution in [2.24, 2.45) is 0 Å². The summed E-state index contributed by atoms with van der Waals surface area (Å²) in [6.45, 7) is 3.13. The predicted molar refractivity (Wildman–Crippen MR) is 46.7 cm³/mol. The molecule has 0 aliphatic carbocycles. The third-order valence-corrected chi connectivity index (χ3v) is 1.98. The van der Waals surface area contributed by atoms with Gasteiger partial charge in [0.2, 0.25) is 5.79 Å². The number of alkyl halides is 1. The molecular weight excluding hydrogens is 181 g/mol. The molecule has 2 N–H and O–H groups in total. The largest absolute Gasteiger partial charge is 0.384 e. The van der Waals surface area contributed by atoms with Gasteiger partial charge >= 0.3 is 0 Å². The van der Waals surface area contributed by atoms with Gasteiger partial charge in [0.1, 0.15) is 5.82 Å². The first-order valence-electron chi connectivity index (χ1n) is 3.68. The molecule has 68 valence electrons. The summed E-state index contributed by atoms with van der Waals surface area (Å²) in [6, 6.07) is 1.43. The topological polar surface area (TPSA) is 43.8 Å². The lowest BCUT2D eigenvalue weighted by molar-refractivity contribution is 0.0755. The van der Waals surface area contributed by atoms with Gasteiger partial charge in [-0.15, -0.1) is 0 Å². The highest BCUT2D eigenvalue weighted by Crippen LogP contribution is 2.26. The van der Waals surface area contributed by atoms with Crippen molar-refractivity contribution in [3.63, 3.8) is 0 Å². The summed E-state index contributed by atoms with van der Waals surface area (Å²) in [5.74, 6) is -1.32. The van der Waals surface area contributed by atoms with Crippen LogP contribution >= 0.6 is 11.6 Å². The van der Waals surface area contributed by atoms with Gasteiger partial charge in [0, 0.05) is 6.07 Å². The smallest absolute Gasteiger partial charge is 0.201 e. The Morgan fingerprint density at radius 2 is 2.42 bits per heavy atom. The molecule has 0 aliphatic heterocycles. The zero-order chi connectivity index (χ0) is 9.35. The highest BCUT2D eigenvalue weighted by atomic mass is 35.5. The second-order valence-electron chi connectivity index (χ2n) is 2.80. The third-order valence-electron chi connectivity index (χ3n) is 1.79. The summed E-state index contributed by atoms with van der Waals surface area (Å²) in [7, 11) is 0. The Bertz CT molecular complexity index is 282. The number of nitrogen functional groups attached to an aromatic ring is 1. The van der Waals surface area contributed by atoms with Crippen LogP contribution in [0.4, 0.5) is 10.2 Å². The molecule has 0 saturated heterocycles. The summed E-state index contributed by atoms with van der Waals surface area (Å²) in [4.78, 5) is 0. The van der Waals surface area contributed by atoms with E-state index in [9.17, 15) is 4.39 Å². The van der Waals surface area contributed by atoms with E-state index in [0.717, 1.165) is 4.68 Å². The van der Waals surface area contributed by atoms with Gasteiger partial charge in [0.25, 0.3) is 0 Å². The average molecular weight is 192 g/mol. The average Bonchev–Trinajstić information content (AvgIpc) is 2.31. The lowest BCUT2D eigenvalue weighted by atomic mass is 10.2. The number of halogens is 2. The molecule has 0 bridgehead atoms. The standard InChI is InChI=1S/C7H11ClFN3/c1-3-7(2,9)12-6(10)4-5(8)11-12/h4H,3,10H2,1-2H3. The summed E-state index contributed by atoms with van der Waals surface area (Å²) in [5, 5.41) is 3.95. The molecule has 1 rings (SSSR count). The van der Waals surface area contributed by atoms with E-state index in [2.05, 4.69) is 5.10 Å². The molecular formula is C7H11ClFN3. The first-order chi connectivity index (χ1) is 5.47. The van der Waals surface area contributed by atoms with Crippen molar-refractivity contribution >= 4 is 17.4 Å². The molecule has 12 heavy (non-hydrogen) atoms. The first-order valence-corrected chi connectivity index (χ1v) is 4.05. The highest BCUT2D eigenvalue weighted by Gasteiger charge is 2.26. The molecule has 0 amide bonds. The van der Waals surface area contributed by atoms with Crippen LogP contribution in [-0.2, 0) is 5.79 Å². The molecule has 1 aromatic rings. The van der Waals surface area contributed by atoms with Crippen LogP contribution in [0.25, 0.3) is 0 Å². The number of hydrogen-bond donors (Lipinski definition) is 1. The van der Waals surface area contributed by atoms with Gasteiger partial charge < -0.3 is 5.73 Å². The minimum Gasteiger partial charge on any atom is -0.384 e. The molecule has 0 spiro atoms. The fourth-order valence-corrected chi connectivity index (χ4v) is 1.08. The summed E-state index contributed by atoms with van der Waals surface area (Å²) in [6.07, 6.45) is 0.301. The van der Waals surface area contributed by atoms with E-state index in [0.29, 0.717) is 6.42 Å². The van der Waals surface area contributed by atoms with Crippen molar-refractivity contribution in [1.29, 1.82) is 0 Å². The Morgan fingerprint density at radius 3 is 2.75 bits per heavy atom. The number of anilines is 1. The lowest BCUT2D eigenvalue weighted by Crippen LogP contribution is -2.26. The van der Waals surface area contributed by atoms with Crippen molar-refractivity contribution < 1.29 is 4.39 Å². The van der Waals surface area contributed by atoms with Crippen LogP contribution in [0.2, 0.25) is 5.15 Å². The number of nitrogens with two attached hydrogens (primary N) is 1. The van der Waals surface area contributed by atoms with Crippen LogP contribution in [0.5, 0.6) is 0 Å². The van der Waals surface area contributed by atoms with E-state index in [-0.39, 0.29) is 11.0 Å². The second kappa shape index (κ2) is 2.94. The van der Waals surface area contributed by atoms with Crippen molar-refractivity contribution in [2.75, 3.05) is 5.73 Å². The summed E-state index contributed by atoms with van der Waals surface area (Å²) >= 11 is 5.55. The second-order valence-corrected chi connectivity index (χ2v) is 3.19. The van der Waals surface area contributed by atoms with Gasteiger partial charge in [-0.2, -0.15) is 5.10 Å². The van der Waals surface area contributed by atoms with Crippen LogP contribution in [0, 0.1) is 0 Å². The van der Waals surface area contributed by atoms with E-state index in [4.69, 9.17) is 17.3 Å². The third kappa shape index (κ3) is 1.53. The van der Waals surface area contributed by atoms with Gasteiger partial charge in [0.05, 0.1) is 0 Å². The molecule has 0 fully saturated rings. The lowest BCUT2D eigenvalue weighted by Gasteiger charge is -2.19. The van der Waals surface area contributed by atoms with Gasteiger partial charge in [-0.3, -0.25) is 0 Å². The highest BCUT2D eigenvalue weighted by molar-refractivity contribution is 6.29. The molecule has 0 saturated carbocycles. The summed E-state index contributed by atoms with van der Waals surface area (Å²) < 4.78 is 14.7. The molecule has 0 aromatic carbocycles. The monoisotopic (exact) mass is 191 g/mol. The predicted octanol–water partition coefficient (Wildman–Crippen LogP) is 2.17. The number of rotatable bonds is 2. The van der Waals surface area contributed by atoms with Crippen LogP contribution < -0.4 is 5.73 Å². The van der Waals surface area contributed by atoms with E-state index < -0.39 is 5.79 Å². The quantitative estimate of drug-likeness (QED) is 0.779. The SMILES string of the molecule is CCC(C)(F)n1nc(Cl)cc1N. The van der Waals surface area contributed by atoms with Crippen molar-refractivity contribution in [3.8, 4) is 0 Å².